The van der Waals surface area contributed by atoms with Gasteiger partial charge in [-0.3, -0.25) is 4.79 Å². The van der Waals surface area contributed by atoms with Gasteiger partial charge in [0.1, 0.15) is 17.1 Å². The molecule has 0 aliphatic carbocycles. The van der Waals surface area contributed by atoms with Crippen LogP contribution in [0.25, 0.3) is 0 Å². The number of furan rings is 1. The fourth-order valence-corrected chi connectivity index (χ4v) is 2.02. The lowest BCUT2D eigenvalue weighted by atomic mass is 10.0. The highest BCUT2D eigenvalue weighted by molar-refractivity contribution is 5.94. The molecule has 0 fully saturated rings. The van der Waals surface area contributed by atoms with E-state index in [4.69, 9.17) is 9.15 Å². The molecular formula is C18H23NO4. The summed E-state index contributed by atoms with van der Waals surface area (Å²) >= 11 is 0. The summed E-state index contributed by atoms with van der Waals surface area (Å²) in [6.45, 7) is 6.36. The van der Waals surface area contributed by atoms with E-state index in [0.29, 0.717) is 29.6 Å². The molecule has 2 N–H and O–H groups in total. The molecule has 1 aromatic heterocycles. The molecule has 0 saturated carbocycles. The number of carbonyl (C=O) groups is 1. The molecule has 0 spiro atoms. The van der Waals surface area contributed by atoms with Crippen LogP contribution in [0.1, 0.15) is 36.9 Å². The third kappa shape index (κ3) is 4.86. The van der Waals surface area contributed by atoms with Gasteiger partial charge in [0.25, 0.3) is 5.91 Å². The number of carbonyl (C=O) groups excluding carboxylic acids is 1. The third-order valence-electron chi connectivity index (χ3n) is 3.32. The molecular weight excluding hydrogens is 294 g/mol. The highest BCUT2D eigenvalue weighted by Gasteiger charge is 2.27. The van der Waals surface area contributed by atoms with Crippen molar-refractivity contribution < 1.29 is 19.1 Å². The van der Waals surface area contributed by atoms with Crippen LogP contribution in [-0.4, -0.2) is 24.2 Å². The van der Waals surface area contributed by atoms with Crippen molar-refractivity contribution >= 4 is 5.91 Å². The third-order valence-corrected chi connectivity index (χ3v) is 3.32. The Kier molecular flexibility index (Phi) is 5.45. The summed E-state index contributed by atoms with van der Waals surface area (Å²) in [4.78, 5) is 12.2. The summed E-state index contributed by atoms with van der Waals surface area (Å²) in [5, 5.41) is 13.1. The molecule has 2 aromatic rings. The zero-order valence-electron chi connectivity index (χ0n) is 13.7. The Morgan fingerprint density at radius 1 is 1.35 bits per heavy atom. The van der Waals surface area contributed by atoms with Gasteiger partial charge in [-0.15, -0.1) is 0 Å². The van der Waals surface area contributed by atoms with Gasteiger partial charge in [0, 0.05) is 5.56 Å². The van der Waals surface area contributed by atoms with Crippen molar-refractivity contribution in [1.29, 1.82) is 0 Å². The summed E-state index contributed by atoms with van der Waals surface area (Å²) in [6.07, 6.45) is 1.49. The number of rotatable bonds is 7. The largest absolute Gasteiger partial charge is 0.493 e. The van der Waals surface area contributed by atoms with Gasteiger partial charge < -0.3 is 19.6 Å². The first-order valence-corrected chi connectivity index (χ1v) is 7.66. The van der Waals surface area contributed by atoms with Crippen molar-refractivity contribution in [3.63, 3.8) is 0 Å². The first kappa shape index (κ1) is 17.1. The molecule has 0 radical (unpaired) electrons. The maximum absolute atomic E-state index is 12.2. The second-order valence-electron chi connectivity index (χ2n) is 6.17. The lowest BCUT2D eigenvalue weighted by Crippen LogP contribution is -2.38. The minimum atomic E-state index is -1.26. The van der Waals surface area contributed by atoms with Gasteiger partial charge >= 0.3 is 0 Å². The van der Waals surface area contributed by atoms with E-state index in [1.165, 1.54) is 6.26 Å². The lowest BCUT2D eigenvalue weighted by molar-refractivity contribution is 0.0330. The molecule has 5 nitrogen and oxygen atoms in total. The Hall–Kier alpha value is -2.27. The number of aliphatic hydroxyl groups is 1. The monoisotopic (exact) mass is 317 g/mol. The zero-order valence-corrected chi connectivity index (χ0v) is 13.7. The summed E-state index contributed by atoms with van der Waals surface area (Å²) in [7, 11) is 0. The number of hydrogen-bond donors (Lipinski definition) is 2. The average Bonchev–Trinajstić information content (AvgIpc) is 3.06. The van der Waals surface area contributed by atoms with Gasteiger partial charge in [0.05, 0.1) is 19.4 Å². The van der Waals surface area contributed by atoms with Gasteiger partial charge in [-0.2, -0.15) is 0 Å². The van der Waals surface area contributed by atoms with E-state index in [2.05, 4.69) is 19.2 Å². The van der Waals surface area contributed by atoms with Gasteiger partial charge in [0.15, 0.2) is 0 Å². The van der Waals surface area contributed by atoms with Crippen LogP contribution in [0.4, 0.5) is 0 Å². The van der Waals surface area contributed by atoms with Gasteiger partial charge in [0.2, 0.25) is 0 Å². The van der Waals surface area contributed by atoms with Crippen LogP contribution < -0.4 is 10.1 Å². The Morgan fingerprint density at radius 3 is 2.78 bits per heavy atom. The fourth-order valence-electron chi connectivity index (χ4n) is 2.02. The summed E-state index contributed by atoms with van der Waals surface area (Å²) in [5.74, 6) is 1.21. The molecule has 1 heterocycles. The minimum Gasteiger partial charge on any atom is -0.493 e. The standard InChI is InChI=1S/C18H23NO4/c1-13(2)11-23-15-7-4-6-14(10-15)17(20)19-12-18(3,21)16-8-5-9-22-16/h4-10,13,21H,11-12H2,1-3H3,(H,19,20). The van der Waals surface area contributed by atoms with Crippen molar-refractivity contribution in [2.24, 2.45) is 5.92 Å². The normalized spacial score (nSPS) is 13.6. The quantitative estimate of drug-likeness (QED) is 0.823. The highest BCUT2D eigenvalue weighted by atomic mass is 16.5. The van der Waals surface area contributed by atoms with E-state index in [0.717, 1.165) is 0 Å². The van der Waals surface area contributed by atoms with Crippen molar-refractivity contribution in [3.8, 4) is 5.75 Å². The summed E-state index contributed by atoms with van der Waals surface area (Å²) in [6, 6.07) is 10.4. The minimum absolute atomic E-state index is 0.0520. The Balaban J connectivity index is 1.97. The number of hydrogen-bond acceptors (Lipinski definition) is 4. The van der Waals surface area contributed by atoms with Gasteiger partial charge in [-0.05, 0) is 43.2 Å². The zero-order chi connectivity index (χ0) is 16.9. The Bertz CT molecular complexity index is 632. The molecule has 1 amide bonds. The van der Waals surface area contributed by atoms with E-state index in [9.17, 15) is 9.90 Å². The van der Waals surface area contributed by atoms with Crippen molar-refractivity contribution in [3.05, 3.63) is 54.0 Å². The van der Waals surface area contributed by atoms with E-state index >= 15 is 0 Å². The van der Waals surface area contributed by atoms with Crippen LogP contribution in [-0.2, 0) is 5.60 Å². The SMILES string of the molecule is CC(C)COc1cccc(C(=O)NCC(C)(O)c2ccco2)c1. The number of benzene rings is 1. The lowest BCUT2D eigenvalue weighted by Gasteiger charge is -2.21. The molecule has 5 heteroatoms. The van der Waals surface area contributed by atoms with Gasteiger partial charge in [-0.1, -0.05) is 19.9 Å². The molecule has 1 unspecified atom stereocenters. The molecule has 0 aliphatic heterocycles. The molecule has 124 valence electrons. The second kappa shape index (κ2) is 7.33. The molecule has 0 saturated heterocycles. The first-order valence-electron chi connectivity index (χ1n) is 7.66. The van der Waals surface area contributed by atoms with Gasteiger partial charge in [-0.25, -0.2) is 0 Å². The number of amides is 1. The summed E-state index contributed by atoms with van der Waals surface area (Å²) < 4.78 is 10.8. The first-order chi connectivity index (χ1) is 10.9. The average molecular weight is 317 g/mol. The molecule has 1 atom stereocenters. The van der Waals surface area contributed by atoms with Crippen LogP contribution in [0.15, 0.2) is 47.1 Å². The molecule has 1 aromatic carbocycles. The van der Waals surface area contributed by atoms with E-state index in [-0.39, 0.29) is 12.5 Å². The fraction of sp³-hybridized carbons (Fsp3) is 0.389. The molecule has 0 aliphatic rings. The van der Waals surface area contributed by atoms with Crippen LogP contribution in [0.5, 0.6) is 5.75 Å². The van der Waals surface area contributed by atoms with Crippen molar-refractivity contribution in [2.45, 2.75) is 26.4 Å². The van der Waals surface area contributed by atoms with Crippen LogP contribution >= 0.6 is 0 Å². The Morgan fingerprint density at radius 2 is 2.13 bits per heavy atom. The Labute approximate surface area is 136 Å². The molecule has 0 bridgehead atoms. The molecule has 23 heavy (non-hydrogen) atoms. The second-order valence-corrected chi connectivity index (χ2v) is 6.17. The van der Waals surface area contributed by atoms with Crippen LogP contribution in [0, 0.1) is 5.92 Å². The number of ether oxygens (including phenoxy) is 1. The summed E-state index contributed by atoms with van der Waals surface area (Å²) in [5.41, 5.74) is -0.772. The van der Waals surface area contributed by atoms with Crippen molar-refractivity contribution in [1.82, 2.24) is 5.32 Å². The smallest absolute Gasteiger partial charge is 0.251 e. The highest BCUT2D eigenvalue weighted by Crippen LogP contribution is 2.20. The predicted molar refractivity (Wildman–Crippen MR) is 87.4 cm³/mol. The predicted octanol–water partition coefficient (Wildman–Crippen LogP) is 2.95. The van der Waals surface area contributed by atoms with E-state index in [1.54, 1.807) is 37.3 Å². The van der Waals surface area contributed by atoms with E-state index < -0.39 is 5.60 Å². The number of nitrogens with one attached hydrogen (secondary N) is 1. The maximum atomic E-state index is 12.2. The molecule has 2 rings (SSSR count). The van der Waals surface area contributed by atoms with Crippen LogP contribution in [0.2, 0.25) is 0 Å². The maximum Gasteiger partial charge on any atom is 0.251 e. The van der Waals surface area contributed by atoms with E-state index in [1.807, 2.05) is 6.07 Å². The van der Waals surface area contributed by atoms with Crippen molar-refractivity contribution in [2.75, 3.05) is 13.2 Å². The van der Waals surface area contributed by atoms with Crippen LogP contribution in [0.3, 0.4) is 0 Å². The topological polar surface area (TPSA) is 71.7 Å².